The molecule has 1 aliphatic heterocycles. The van der Waals surface area contributed by atoms with Crippen molar-refractivity contribution in [2.75, 3.05) is 26.1 Å². The van der Waals surface area contributed by atoms with Crippen molar-refractivity contribution in [1.82, 2.24) is 0 Å². The minimum absolute atomic E-state index is 0.736. The number of nitrogens with one attached hydrogen (secondary N) is 1. The van der Waals surface area contributed by atoms with Gasteiger partial charge in [-0.15, -0.1) is 0 Å². The SMILES string of the molecule is COc1ccc(CNc2ccc3c(c2)CCO3)cc1OC. The van der Waals surface area contributed by atoms with Crippen LogP contribution in [-0.4, -0.2) is 20.8 Å². The molecule has 3 rings (SSSR count). The molecule has 0 unspecified atom stereocenters. The van der Waals surface area contributed by atoms with Crippen LogP contribution in [0.2, 0.25) is 0 Å². The van der Waals surface area contributed by atoms with Crippen molar-refractivity contribution >= 4 is 5.69 Å². The molecule has 0 amide bonds. The van der Waals surface area contributed by atoms with Gasteiger partial charge in [-0.1, -0.05) is 6.07 Å². The number of ether oxygens (including phenoxy) is 3. The Labute approximate surface area is 124 Å². The lowest BCUT2D eigenvalue weighted by molar-refractivity contribution is 0.354. The van der Waals surface area contributed by atoms with Gasteiger partial charge in [0.25, 0.3) is 0 Å². The van der Waals surface area contributed by atoms with Gasteiger partial charge in [0.05, 0.1) is 20.8 Å². The van der Waals surface area contributed by atoms with Crippen LogP contribution in [-0.2, 0) is 13.0 Å². The number of rotatable bonds is 5. The van der Waals surface area contributed by atoms with E-state index in [9.17, 15) is 0 Å². The molecule has 0 aliphatic carbocycles. The summed E-state index contributed by atoms with van der Waals surface area (Å²) in [5.41, 5.74) is 3.52. The van der Waals surface area contributed by atoms with E-state index in [4.69, 9.17) is 14.2 Å². The van der Waals surface area contributed by atoms with Gasteiger partial charge in [-0.05, 0) is 41.5 Å². The third-order valence-corrected chi connectivity index (χ3v) is 3.63. The first-order valence-corrected chi connectivity index (χ1v) is 7.00. The average Bonchev–Trinajstić information content (AvgIpc) is 3.00. The largest absolute Gasteiger partial charge is 0.493 e. The monoisotopic (exact) mass is 285 g/mol. The van der Waals surface area contributed by atoms with E-state index in [1.54, 1.807) is 14.2 Å². The summed E-state index contributed by atoms with van der Waals surface area (Å²) in [4.78, 5) is 0. The smallest absolute Gasteiger partial charge is 0.161 e. The van der Waals surface area contributed by atoms with E-state index in [2.05, 4.69) is 11.4 Å². The van der Waals surface area contributed by atoms with Crippen molar-refractivity contribution in [1.29, 1.82) is 0 Å². The first kappa shape index (κ1) is 13.6. The van der Waals surface area contributed by atoms with Gasteiger partial charge in [0, 0.05) is 18.7 Å². The second kappa shape index (κ2) is 5.95. The summed E-state index contributed by atoms with van der Waals surface area (Å²) < 4.78 is 16.1. The third-order valence-electron chi connectivity index (χ3n) is 3.63. The van der Waals surface area contributed by atoms with E-state index in [1.807, 2.05) is 30.3 Å². The number of benzene rings is 2. The number of fused-ring (bicyclic) bond motifs is 1. The minimum atomic E-state index is 0.736. The van der Waals surface area contributed by atoms with E-state index in [0.29, 0.717) is 0 Å². The molecular formula is C17H19NO3. The van der Waals surface area contributed by atoms with Crippen LogP contribution in [0.5, 0.6) is 17.2 Å². The summed E-state index contributed by atoms with van der Waals surface area (Å²) in [5.74, 6) is 2.50. The minimum Gasteiger partial charge on any atom is -0.493 e. The average molecular weight is 285 g/mol. The highest BCUT2D eigenvalue weighted by molar-refractivity contribution is 5.53. The zero-order valence-corrected chi connectivity index (χ0v) is 12.3. The van der Waals surface area contributed by atoms with Gasteiger partial charge in [-0.25, -0.2) is 0 Å². The molecule has 1 aliphatic rings. The maximum absolute atomic E-state index is 5.51. The Hall–Kier alpha value is -2.36. The van der Waals surface area contributed by atoms with Crippen molar-refractivity contribution in [2.45, 2.75) is 13.0 Å². The van der Waals surface area contributed by atoms with Crippen molar-refractivity contribution < 1.29 is 14.2 Å². The molecule has 0 spiro atoms. The molecule has 21 heavy (non-hydrogen) atoms. The third kappa shape index (κ3) is 2.89. The summed E-state index contributed by atoms with van der Waals surface area (Å²) in [6.07, 6.45) is 0.987. The fourth-order valence-corrected chi connectivity index (χ4v) is 2.49. The highest BCUT2D eigenvalue weighted by Crippen LogP contribution is 2.29. The molecule has 0 saturated carbocycles. The number of hydrogen-bond acceptors (Lipinski definition) is 4. The molecule has 2 aromatic carbocycles. The molecule has 4 nitrogen and oxygen atoms in total. The molecule has 0 atom stereocenters. The Balaban J connectivity index is 1.70. The van der Waals surface area contributed by atoms with Crippen molar-refractivity contribution in [2.24, 2.45) is 0 Å². The first-order valence-electron chi connectivity index (χ1n) is 7.00. The molecular weight excluding hydrogens is 266 g/mol. The quantitative estimate of drug-likeness (QED) is 0.915. The van der Waals surface area contributed by atoms with Gasteiger partial charge in [0.15, 0.2) is 11.5 Å². The maximum Gasteiger partial charge on any atom is 0.161 e. The van der Waals surface area contributed by atoms with Crippen LogP contribution in [0.3, 0.4) is 0 Å². The van der Waals surface area contributed by atoms with Crippen LogP contribution < -0.4 is 19.5 Å². The summed E-state index contributed by atoms with van der Waals surface area (Å²) in [5, 5.41) is 3.43. The molecule has 1 N–H and O–H groups in total. The molecule has 0 fully saturated rings. The normalized spacial score (nSPS) is 12.5. The van der Waals surface area contributed by atoms with E-state index in [-0.39, 0.29) is 0 Å². The molecule has 0 aromatic heterocycles. The van der Waals surface area contributed by atoms with Crippen LogP contribution in [0.25, 0.3) is 0 Å². The van der Waals surface area contributed by atoms with E-state index in [1.165, 1.54) is 5.56 Å². The van der Waals surface area contributed by atoms with E-state index >= 15 is 0 Å². The lowest BCUT2D eigenvalue weighted by Crippen LogP contribution is -2.00. The highest BCUT2D eigenvalue weighted by Gasteiger charge is 2.12. The number of anilines is 1. The summed E-state index contributed by atoms with van der Waals surface area (Å²) in [6.45, 7) is 1.52. The predicted molar refractivity (Wildman–Crippen MR) is 82.5 cm³/mol. The van der Waals surface area contributed by atoms with Gasteiger partial charge in [0.2, 0.25) is 0 Å². The van der Waals surface area contributed by atoms with Crippen molar-refractivity contribution in [3.8, 4) is 17.2 Å². The molecule has 0 radical (unpaired) electrons. The molecule has 4 heteroatoms. The Morgan fingerprint density at radius 3 is 2.71 bits per heavy atom. The van der Waals surface area contributed by atoms with Crippen LogP contribution in [0.4, 0.5) is 5.69 Å². The second-order valence-electron chi connectivity index (χ2n) is 4.96. The van der Waals surface area contributed by atoms with Crippen molar-refractivity contribution in [3.05, 3.63) is 47.5 Å². The molecule has 0 bridgehead atoms. The summed E-state index contributed by atoms with van der Waals surface area (Å²) >= 11 is 0. The molecule has 1 heterocycles. The lowest BCUT2D eigenvalue weighted by atomic mass is 10.1. The molecule has 110 valence electrons. The van der Waals surface area contributed by atoms with Crippen LogP contribution in [0.1, 0.15) is 11.1 Å². The molecule has 0 saturated heterocycles. The zero-order valence-electron chi connectivity index (χ0n) is 12.3. The van der Waals surface area contributed by atoms with Gasteiger partial charge >= 0.3 is 0 Å². The van der Waals surface area contributed by atoms with Crippen molar-refractivity contribution in [3.63, 3.8) is 0 Å². The van der Waals surface area contributed by atoms with E-state index < -0.39 is 0 Å². The lowest BCUT2D eigenvalue weighted by Gasteiger charge is -2.11. The standard InChI is InChI=1S/C17H19NO3/c1-19-16-5-3-12(9-17(16)20-2)11-18-14-4-6-15-13(10-14)7-8-21-15/h3-6,9-10,18H,7-8,11H2,1-2H3. The van der Waals surface area contributed by atoms with E-state index in [0.717, 1.165) is 48.1 Å². The second-order valence-corrected chi connectivity index (χ2v) is 4.96. The highest BCUT2D eigenvalue weighted by atomic mass is 16.5. The van der Waals surface area contributed by atoms with Crippen LogP contribution in [0.15, 0.2) is 36.4 Å². The maximum atomic E-state index is 5.51. The Morgan fingerprint density at radius 1 is 1.05 bits per heavy atom. The number of hydrogen-bond donors (Lipinski definition) is 1. The van der Waals surface area contributed by atoms with Gasteiger partial charge in [-0.2, -0.15) is 0 Å². The fraction of sp³-hybridized carbons (Fsp3) is 0.294. The predicted octanol–water partition coefficient (Wildman–Crippen LogP) is 3.25. The van der Waals surface area contributed by atoms with Gasteiger partial charge in [0.1, 0.15) is 5.75 Å². The number of methoxy groups -OCH3 is 2. The van der Waals surface area contributed by atoms with Gasteiger partial charge < -0.3 is 19.5 Å². The first-order chi connectivity index (χ1) is 10.3. The Kier molecular flexibility index (Phi) is 3.86. The Morgan fingerprint density at radius 2 is 1.90 bits per heavy atom. The topological polar surface area (TPSA) is 39.7 Å². The van der Waals surface area contributed by atoms with Crippen LogP contribution >= 0.6 is 0 Å². The Bertz CT molecular complexity index is 640. The molecule has 2 aromatic rings. The summed E-state index contributed by atoms with van der Waals surface area (Å²) in [6, 6.07) is 12.2. The fourth-order valence-electron chi connectivity index (χ4n) is 2.49. The van der Waals surface area contributed by atoms with Gasteiger partial charge in [-0.3, -0.25) is 0 Å². The van der Waals surface area contributed by atoms with Crippen LogP contribution in [0, 0.1) is 0 Å². The zero-order chi connectivity index (χ0) is 14.7. The summed E-state index contributed by atoms with van der Waals surface area (Å²) in [7, 11) is 3.29.